The summed E-state index contributed by atoms with van der Waals surface area (Å²) in [6.07, 6.45) is 4.28. The molecule has 0 aliphatic carbocycles. The molecule has 0 N–H and O–H groups in total. The minimum atomic E-state index is -0.564. The maximum atomic E-state index is 14.0. The number of fused-ring (bicyclic) bond motifs is 3. The monoisotopic (exact) mass is 574 g/mol. The number of aromatic nitrogens is 3. The van der Waals surface area contributed by atoms with Gasteiger partial charge in [0.1, 0.15) is 17.2 Å². The Morgan fingerprint density at radius 2 is 1.86 bits per heavy atom. The molecule has 37 heavy (non-hydrogen) atoms. The summed E-state index contributed by atoms with van der Waals surface area (Å²) in [6, 6.07) is 7.01. The normalized spacial score (nSPS) is 11.8. The van der Waals surface area contributed by atoms with Crippen LogP contribution in [0.3, 0.4) is 0 Å². The first-order valence-corrected chi connectivity index (χ1v) is 12.9. The number of aryl methyl sites for hydroxylation is 1. The van der Waals surface area contributed by atoms with E-state index in [1.165, 1.54) is 18.2 Å². The largest absolute Gasteiger partial charge is 0.490 e. The Hall–Kier alpha value is -3.27. The fourth-order valence-corrected chi connectivity index (χ4v) is 4.54. The maximum absolute atomic E-state index is 14.0. The number of nitrogens with zero attached hydrogens (tertiary/aromatic N) is 4. The standard InChI is InChI=1S/C27H29BrF2N4O3/c1-5-34(27(2,3)4)26(35)37-24-12-17(29)8-9-23(24)36-11-7-6-10-33-16-32-22-15-31-21-14-20(30)19(28)13-18(21)25(22)33/h8-9,12-16H,5-7,10-11H2,1-4H3. The fourth-order valence-electron chi connectivity index (χ4n) is 4.19. The zero-order chi connectivity index (χ0) is 26.7. The van der Waals surface area contributed by atoms with Gasteiger partial charge in [0.15, 0.2) is 11.5 Å². The highest BCUT2D eigenvalue weighted by molar-refractivity contribution is 9.10. The number of benzene rings is 2. The molecule has 0 bridgehead atoms. The molecular weight excluding hydrogens is 546 g/mol. The van der Waals surface area contributed by atoms with Crippen LogP contribution in [0.15, 0.2) is 47.3 Å². The van der Waals surface area contributed by atoms with Gasteiger partial charge in [-0.3, -0.25) is 4.98 Å². The summed E-state index contributed by atoms with van der Waals surface area (Å²) in [6.45, 7) is 9.03. The van der Waals surface area contributed by atoms with Crippen molar-refractivity contribution in [3.05, 3.63) is 59.0 Å². The van der Waals surface area contributed by atoms with E-state index in [-0.39, 0.29) is 11.6 Å². The first-order chi connectivity index (χ1) is 17.6. The molecule has 1 amide bonds. The molecule has 2 aromatic heterocycles. The minimum Gasteiger partial charge on any atom is -0.490 e. The third kappa shape index (κ3) is 6.01. The lowest BCUT2D eigenvalue weighted by molar-refractivity contribution is 0.109. The van der Waals surface area contributed by atoms with Crippen LogP contribution < -0.4 is 9.47 Å². The number of carbonyl (C=O) groups excluding carboxylic acids is 1. The maximum Gasteiger partial charge on any atom is 0.415 e. The van der Waals surface area contributed by atoms with Gasteiger partial charge in [-0.15, -0.1) is 0 Å². The van der Waals surface area contributed by atoms with E-state index in [2.05, 4.69) is 25.9 Å². The second kappa shape index (κ2) is 11.0. The van der Waals surface area contributed by atoms with E-state index in [0.717, 1.165) is 28.9 Å². The van der Waals surface area contributed by atoms with Crippen LogP contribution in [0.5, 0.6) is 11.5 Å². The fraction of sp³-hybridized carbons (Fsp3) is 0.370. The molecule has 0 spiro atoms. The molecule has 0 fully saturated rings. The first kappa shape index (κ1) is 26.8. The van der Waals surface area contributed by atoms with E-state index in [1.807, 2.05) is 32.3 Å². The molecule has 2 heterocycles. The predicted octanol–water partition coefficient (Wildman–Crippen LogP) is 7.10. The van der Waals surface area contributed by atoms with Gasteiger partial charge >= 0.3 is 6.09 Å². The number of amides is 1. The van der Waals surface area contributed by atoms with E-state index in [4.69, 9.17) is 9.47 Å². The average molecular weight is 575 g/mol. The lowest BCUT2D eigenvalue weighted by Crippen LogP contribution is -2.46. The summed E-state index contributed by atoms with van der Waals surface area (Å²) in [4.78, 5) is 23.0. The summed E-state index contributed by atoms with van der Waals surface area (Å²) in [7, 11) is 0. The number of pyridine rings is 1. The number of hydrogen-bond acceptors (Lipinski definition) is 5. The number of rotatable bonds is 8. The van der Waals surface area contributed by atoms with Crippen LogP contribution in [-0.4, -0.2) is 44.2 Å². The zero-order valence-electron chi connectivity index (χ0n) is 21.2. The predicted molar refractivity (Wildman–Crippen MR) is 142 cm³/mol. The van der Waals surface area contributed by atoms with Gasteiger partial charge in [-0.2, -0.15) is 0 Å². The van der Waals surface area contributed by atoms with Crippen LogP contribution in [0.25, 0.3) is 21.9 Å². The van der Waals surface area contributed by atoms with Crippen LogP contribution in [0.2, 0.25) is 0 Å². The van der Waals surface area contributed by atoms with Crippen LogP contribution in [-0.2, 0) is 6.54 Å². The SMILES string of the molecule is CCN(C(=O)Oc1cc(F)ccc1OCCCCn1cnc2cnc3cc(F)c(Br)cc3c21)C(C)(C)C. The van der Waals surface area contributed by atoms with Crippen molar-refractivity contribution in [1.29, 1.82) is 0 Å². The molecule has 196 valence electrons. The highest BCUT2D eigenvalue weighted by Crippen LogP contribution is 2.30. The highest BCUT2D eigenvalue weighted by Gasteiger charge is 2.27. The molecule has 7 nitrogen and oxygen atoms in total. The molecule has 10 heteroatoms. The molecule has 0 saturated heterocycles. The van der Waals surface area contributed by atoms with E-state index < -0.39 is 17.4 Å². The van der Waals surface area contributed by atoms with Crippen molar-refractivity contribution in [2.24, 2.45) is 0 Å². The van der Waals surface area contributed by atoms with Gasteiger partial charge in [-0.05, 0) is 74.7 Å². The molecule has 0 aliphatic rings. The lowest BCUT2D eigenvalue weighted by Gasteiger charge is -2.33. The van der Waals surface area contributed by atoms with Crippen molar-refractivity contribution in [2.75, 3.05) is 13.2 Å². The van der Waals surface area contributed by atoms with Gasteiger partial charge in [-0.25, -0.2) is 18.6 Å². The van der Waals surface area contributed by atoms with Crippen LogP contribution in [0, 0.1) is 11.6 Å². The number of halogens is 3. The third-order valence-corrected chi connectivity index (χ3v) is 6.59. The van der Waals surface area contributed by atoms with E-state index in [1.54, 1.807) is 23.5 Å². The number of imidazole rings is 1. The van der Waals surface area contributed by atoms with Crippen molar-refractivity contribution in [3.63, 3.8) is 0 Å². The summed E-state index contributed by atoms with van der Waals surface area (Å²) >= 11 is 3.25. The van der Waals surface area contributed by atoms with Gasteiger partial charge in [0.25, 0.3) is 0 Å². The molecule has 0 radical (unpaired) electrons. The Balaban J connectivity index is 1.40. The molecule has 4 aromatic rings. The lowest BCUT2D eigenvalue weighted by atomic mass is 10.1. The van der Waals surface area contributed by atoms with Gasteiger partial charge < -0.3 is 18.9 Å². The van der Waals surface area contributed by atoms with Crippen molar-refractivity contribution < 1.29 is 23.0 Å². The summed E-state index contributed by atoms with van der Waals surface area (Å²) in [5.74, 6) is -0.537. The first-order valence-electron chi connectivity index (χ1n) is 12.1. The second-order valence-electron chi connectivity index (χ2n) is 9.64. The van der Waals surface area contributed by atoms with Gasteiger partial charge in [0, 0.05) is 36.1 Å². The van der Waals surface area contributed by atoms with Crippen LogP contribution in [0.4, 0.5) is 13.6 Å². The molecule has 0 saturated carbocycles. The zero-order valence-corrected chi connectivity index (χ0v) is 22.8. The smallest absolute Gasteiger partial charge is 0.415 e. The number of hydrogen-bond donors (Lipinski definition) is 0. The summed E-state index contributed by atoms with van der Waals surface area (Å²) in [5, 5.41) is 0.814. The molecule has 0 unspecified atom stereocenters. The number of unbranched alkanes of at least 4 members (excludes halogenated alkanes) is 1. The van der Waals surface area contributed by atoms with E-state index >= 15 is 0 Å². The van der Waals surface area contributed by atoms with Crippen molar-refractivity contribution in [2.45, 2.75) is 52.6 Å². The highest BCUT2D eigenvalue weighted by atomic mass is 79.9. The molecule has 0 atom stereocenters. The Morgan fingerprint density at radius 1 is 1.08 bits per heavy atom. The van der Waals surface area contributed by atoms with Crippen molar-refractivity contribution >= 4 is 44.0 Å². The van der Waals surface area contributed by atoms with Gasteiger partial charge in [-0.1, -0.05) is 0 Å². The van der Waals surface area contributed by atoms with E-state index in [0.29, 0.717) is 41.9 Å². The molecule has 0 aliphatic heterocycles. The Bertz CT molecular complexity index is 1430. The Labute approximate surface area is 222 Å². The van der Waals surface area contributed by atoms with Crippen LogP contribution >= 0.6 is 15.9 Å². The minimum absolute atomic E-state index is 0.0464. The molecular formula is C27H29BrF2N4O3. The van der Waals surface area contributed by atoms with Crippen LogP contribution in [0.1, 0.15) is 40.5 Å². The summed E-state index contributed by atoms with van der Waals surface area (Å²) in [5.41, 5.74) is 1.74. The average Bonchev–Trinajstić information content (AvgIpc) is 3.24. The second-order valence-corrected chi connectivity index (χ2v) is 10.5. The molecule has 4 rings (SSSR count). The van der Waals surface area contributed by atoms with Gasteiger partial charge in [0.05, 0.1) is 34.6 Å². The Kier molecular flexibility index (Phi) is 7.96. The number of ether oxygens (including phenoxy) is 2. The van der Waals surface area contributed by atoms with Crippen molar-refractivity contribution in [1.82, 2.24) is 19.4 Å². The van der Waals surface area contributed by atoms with Crippen molar-refractivity contribution in [3.8, 4) is 11.5 Å². The van der Waals surface area contributed by atoms with E-state index in [9.17, 15) is 13.6 Å². The topological polar surface area (TPSA) is 69.5 Å². The third-order valence-electron chi connectivity index (χ3n) is 5.99. The van der Waals surface area contributed by atoms with Gasteiger partial charge in [0.2, 0.25) is 0 Å². The number of carbonyl (C=O) groups is 1. The summed E-state index contributed by atoms with van der Waals surface area (Å²) < 4.78 is 41.6. The molecule has 2 aromatic carbocycles. The Morgan fingerprint density at radius 3 is 2.59 bits per heavy atom. The quantitative estimate of drug-likeness (QED) is 0.210.